The molecule has 0 heterocycles. The highest BCUT2D eigenvalue weighted by atomic mass is 31.2. The number of rotatable bonds is 8. The van der Waals surface area contributed by atoms with Crippen LogP contribution in [-0.4, -0.2) is 50.3 Å². The van der Waals surface area contributed by atoms with Gasteiger partial charge in [-0.15, -0.1) is 0 Å². The third-order valence-corrected chi connectivity index (χ3v) is 4.07. The number of carbonyl (C=O) groups is 2. The second kappa shape index (κ2) is 7.42. The Morgan fingerprint density at radius 3 is 2.12 bits per heavy atom. The maximum Gasteiger partial charge on any atom is 0.362 e. The lowest BCUT2D eigenvalue weighted by Crippen LogP contribution is -2.43. The van der Waals surface area contributed by atoms with Crippen molar-refractivity contribution in [3.05, 3.63) is 0 Å². The molecule has 0 radical (unpaired) electrons. The van der Waals surface area contributed by atoms with Gasteiger partial charge in [-0.25, -0.2) is 0 Å². The molecule has 1 N–H and O–H groups in total. The molecule has 0 aliphatic rings. The van der Waals surface area contributed by atoms with Crippen molar-refractivity contribution < 1.29 is 23.2 Å². The Labute approximate surface area is 101 Å². The Morgan fingerprint density at radius 2 is 1.82 bits per heavy atom. The molecule has 0 spiro atoms. The second-order valence-corrected chi connectivity index (χ2v) is 5.41. The lowest BCUT2D eigenvalue weighted by molar-refractivity contribution is -0.130. The second-order valence-electron chi connectivity index (χ2n) is 3.30. The van der Waals surface area contributed by atoms with Crippen molar-refractivity contribution in [2.75, 3.05) is 27.3 Å². The minimum absolute atomic E-state index is 0.120. The zero-order valence-electron chi connectivity index (χ0n) is 10.5. The molecule has 0 aromatic rings. The van der Waals surface area contributed by atoms with E-state index in [1.165, 1.54) is 19.0 Å². The number of carbonyl (C=O) groups excluding carboxylic acids is 2. The maximum absolute atomic E-state index is 12.3. The molecule has 0 aromatic carbocycles. The molecule has 100 valence electrons. The minimum atomic E-state index is -3.69. The number of nitrogens with zero attached hydrogens (tertiary/aromatic N) is 1. The third kappa shape index (κ3) is 4.46. The number of hydrogen-bond donors (Lipinski definition) is 1. The van der Waals surface area contributed by atoms with Crippen molar-refractivity contribution in [2.45, 2.75) is 19.6 Å². The van der Waals surface area contributed by atoms with Crippen LogP contribution >= 0.6 is 7.60 Å². The Kier molecular flexibility index (Phi) is 7.03. The van der Waals surface area contributed by atoms with Crippen LogP contribution in [-0.2, 0) is 23.2 Å². The molecule has 1 unspecified atom stereocenters. The molecule has 0 rings (SSSR count). The predicted octanol–water partition coefficient (Wildman–Crippen LogP) is 0.413. The zero-order chi connectivity index (χ0) is 13.5. The number of amides is 2. The molecule has 2 amide bonds. The van der Waals surface area contributed by atoms with Crippen LogP contribution in [0.5, 0.6) is 0 Å². The van der Waals surface area contributed by atoms with E-state index in [9.17, 15) is 14.2 Å². The van der Waals surface area contributed by atoms with Crippen LogP contribution in [0.2, 0.25) is 0 Å². The predicted molar refractivity (Wildman–Crippen MR) is 62.5 cm³/mol. The summed E-state index contributed by atoms with van der Waals surface area (Å²) in [5, 5.41) is 2.19. The van der Waals surface area contributed by atoms with Crippen LogP contribution in [0.3, 0.4) is 0 Å². The third-order valence-electron chi connectivity index (χ3n) is 1.83. The van der Waals surface area contributed by atoms with Crippen molar-refractivity contribution in [3.8, 4) is 0 Å². The van der Waals surface area contributed by atoms with Gasteiger partial charge in [-0.3, -0.25) is 14.2 Å². The molecule has 0 saturated carbocycles. The minimum Gasteiger partial charge on any atom is -0.346 e. The van der Waals surface area contributed by atoms with Gasteiger partial charge in [-0.1, -0.05) is 0 Å². The summed E-state index contributed by atoms with van der Waals surface area (Å²) in [4.78, 5) is 23.5. The van der Waals surface area contributed by atoms with Gasteiger partial charge in [0.05, 0.1) is 13.2 Å². The maximum atomic E-state index is 12.3. The first-order chi connectivity index (χ1) is 7.92. The molecule has 17 heavy (non-hydrogen) atoms. The molecule has 0 aliphatic heterocycles. The largest absolute Gasteiger partial charge is 0.362 e. The van der Waals surface area contributed by atoms with Crippen LogP contribution in [0.25, 0.3) is 0 Å². The quantitative estimate of drug-likeness (QED) is 0.508. The van der Waals surface area contributed by atoms with Crippen molar-refractivity contribution in [1.82, 2.24) is 10.2 Å². The van der Waals surface area contributed by atoms with Gasteiger partial charge in [0.1, 0.15) is 0 Å². The Hall–Kier alpha value is -0.910. The molecule has 0 aliphatic carbocycles. The van der Waals surface area contributed by atoms with Gasteiger partial charge in [-0.2, -0.15) is 0 Å². The Morgan fingerprint density at radius 1 is 1.35 bits per heavy atom. The summed E-state index contributed by atoms with van der Waals surface area (Å²) < 4.78 is 22.4. The smallest absolute Gasteiger partial charge is 0.346 e. The first-order valence-corrected chi connectivity index (χ1v) is 6.83. The van der Waals surface area contributed by atoms with E-state index in [-0.39, 0.29) is 13.2 Å². The van der Waals surface area contributed by atoms with E-state index >= 15 is 0 Å². The molecule has 0 fully saturated rings. The summed E-state index contributed by atoms with van der Waals surface area (Å²) in [6.45, 7) is 3.50. The average molecular weight is 266 g/mol. The molecule has 8 heteroatoms. The van der Waals surface area contributed by atoms with Crippen LogP contribution in [0, 0.1) is 0 Å². The zero-order valence-corrected chi connectivity index (χ0v) is 11.4. The van der Waals surface area contributed by atoms with Crippen LogP contribution in [0.15, 0.2) is 0 Å². The number of hydrogen-bond acceptors (Lipinski definition) is 5. The highest BCUT2D eigenvalue weighted by molar-refractivity contribution is 7.55. The van der Waals surface area contributed by atoms with Crippen LogP contribution in [0.4, 0.5) is 0 Å². The van der Waals surface area contributed by atoms with Crippen LogP contribution in [0.1, 0.15) is 13.8 Å². The van der Waals surface area contributed by atoms with E-state index in [0.29, 0.717) is 6.41 Å². The fourth-order valence-corrected chi connectivity index (χ4v) is 2.99. The van der Waals surface area contributed by atoms with Crippen molar-refractivity contribution in [1.29, 1.82) is 0 Å². The van der Waals surface area contributed by atoms with Gasteiger partial charge in [0.15, 0.2) is 0 Å². The fraction of sp³-hybridized carbons (Fsp3) is 0.778. The standard InChI is InChI=1S/C9H19N2O5P/c1-5-15-17(14,16-6-2)8(10-7-12)9(13)11(3)4/h7-8H,5-6H2,1-4H3,(H,10,12). The van der Waals surface area contributed by atoms with E-state index in [4.69, 9.17) is 9.05 Å². The van der Waals surface area contributed by atoms with Crippen molar-refractivity contribution in [3.63, 3.8) is 0 Å². The molecule has 0 bridgehead atoms. The van der Waals surface area contributed by atoms with Gasteiger partial charge in [0.2, 0.25) is 12.2 Å². The lowest BCUT2D eigenvalue weighted by Gasteiger charge is -2.26. The van der Waals surface area contributed by atoms with Crippen molar-refractivity contribution in [2.24, 2.45) is 0 Å². The van der Waals surface area contributed by atoms with Gasteiger partial charge in [0.25, 0.3) is 5.91 Å². The highest BCUT2D eigenvalue weighted by Crippen LogP contribution is 2.52. The van der Waals surface area contributed by atoms with E-state index in [1.54, 1.807) is 13.8 Å². The number of likely N-dealkylation sites (N-methyl/N-ethyl adjacent to an activating group) is 1. The monoisotopic (exact) mass is 266 g/mol. The average Bonchev–Trinajstić information content (AvgIpc) is 2.25. The summed E-state index contributed by atoms with van der Waals surface area (Å²) in [6.07, 6.45) is 0.302. The van der Waals surface area contributed by atoms with E-state index in [2.05, 4.69) is 5.32 Å². The summed E-state index contributed by atoms with van der Waals surface area (Å²) in [5.74, 6) is -1.85. The molecular weight excluding hydrogens is 247 g/mol. The summed E-state index contributed by atoms with van der Waals surface area (Å²) in [5.41, 5.74) is 0. The Bertz CT molecular complexity index is 298. The van der Waals surface area contributed by atoms with Gasteiger partial charge < -0.3 is 19.3 Å². The SMILES string of the molecule is CCOP(=O)(OCC)C(NC=O)C(=O)N(C)C. The summed E-state index contributed by atoms with van der Waals surface area (Å²) in [7, 11) is -0.709. The van der Waals surface area contributed by atoms with Gasteiger partial charge in [0, 0.05) is 14.1 Å². The number of nitrogens with one attached hydrogen (secondary N) is 1. The Balaban J connectivity index is 5.15. The molecule has 7 nitrogen and oxygen atoms in total. The van der Waals surface area contributed by atoms with Gasteiger partial charge >= 0.3 is 7.60 Å². The topological polar surface area (TPSA) is 84.9 Å². The van der Waals surface area contributed by atoms with E-state index < -0.39 is 19.3 Å². The summed E-state index contributed by atoms with van der Waals surface area (Å²) >= 11 is 0. The van der Waals surface area contributed by atoms with E-state index in [1.807, 2.05) is 0 Å². The normalized spacial score (nSPS) is 12.9. The fourth-order valence-electron chi connectivity index (χ4n) is 1.15. The molecule has 0 aromatic heterocycles. The summed E-state index contributed by atoms with van der Waals surface area (Å²) in [6, 6.07) is 0. The molecular formula is C9H19N2O5P. The molecule has 0 saturated heterocycles. The lowest BCUT2D eigenvalue weighted by atomic mass is 10.5. The van der Waals surface area contributed by atoms with E-state index in [0.717, 1.165) is 0 Å². The first kappa shape index (κ1) is 16.1. The van der Waals surface area contributed by atoms with Crippen LogP contribution < -0.4 is 5.32 Å². The first-order valence-electron chi connectivity index (χ1n) is 5.22. The van der Waals surface area contributed by atoms with Crippen molar-refractivity contribution >= 4 is 19.9 Å². The molecule has 1 atom stereocenters. The van der Waals surface area contributed by atoms with Gasteiger partial charge in [-0.05, 0) is 13.8 Å². The highest BCUT2D eigenvalue weighted by Gasteiger charge is 2.41.